The molecule has 0 amide bonds. The Hall–Kier alpha value is -1.16. The van der Waals surface area contributed by atoms with E-state index in [1.165, 1.54) is 25.9 Å². The average Bonchev–Trinajstić information content (AvgIpc) is 2.39. The molecular weight excluding hydrogens is 224 g/mol. The molecule has 1 saturated heterocycles. The quantitative estimate of drug-likeness (QED) is 0.886. The monoisotopic (exact) mass is 248 g/mol. The first-order chi connectivity index (χ1) is 8.69. The third-order valence-corrected chi connectivity index (χ3v) is 3.76. The molecule has 1 N–H and O–H groups in total. The SMILES string of the molecule is CNc1cc(C[C@H]2CCCN(C(C)C)C2)ncn1. The lowest BCUT2D eigenvalue weighted by Gasteiger charge is -2.35. The molecular formula is C14H24N4. The van der Waals surface area contributed by atoms with Crippen LogP contribution in [0.4, 0.5) is 5.82 Å². The van der Waals surface area contributed by atoms with E-state index < -0.39 is 0 Å². The third kappa shape index (κ3) is 3.42. The first kappa shape index (κ1) is 13.3. The highest BCUT2D eigenvalue weighted by Crippen LogP contribution is 2.21. The van der Waals surface area contributed by atoms with Crippen LogP contribution in [0.15, 0.2) is 12.4 Å². The molecule has 4 nitrogen and oxygen atoms in total. The van der Waals surface area contributed by atoms with Crippen molar-refractivity contribution in [1.29, 1.82) is 0 Å². The van der Waals surface area contributed by atoms with Gasteiger partial charge in [0.2, 0.25) is 0 Å². The molecule has 100 valence electrons. The van der Waals surface area contributed by atoms with Gasteiger partial charge < -0.3 is 10.2 Å². The van der Waals surface area contributed by atoms with E-state index in [2.05, 4.69) is 40.1 Å². The van der Waals surface area contributed by atoms with Crippen molar-refractivity contribution >= 4 is 5.82 Å². The molecule has 1 aliphatic rings. The first-order valence-electron chi connectivity index (χ1n) is 6.91. The van der Waals surface area contributed by atoms with E-state index in [1.807, 2.05) is 7.05 Å². The van der Waals surface area contributed by atoms with E-state index in [4.69, 9.17) is 0 Å². The van der Waals surface area contributed by atoms with Gasteiger partial charge in [0, 0.05) is 31.4 Å². The summed E-state index contributed by atoms with van der Waals surface area (Å²) in [5, 5.41) is 3.07. The van der Waals surface area contributed by atoms with Gasteiger partial charge in [0.15, 0.2) is 0 Å². The standard InChI is InChI=1S/C14H24N4/c1-11(2)18-6-4-5-12(9-18)7-13-8-14(15-3)17-10-16-13/h8,10-12H,4-7,9H2,1-3H3,(H,15,16,17)/t12-/m1/s1. The Kier molecular flexibility index (Phi) is 4.53. The molecule has 0 aliphatic carbocycles. The van der Waals surface area contributed by atoms with Crippen LogP contribution < -0.4 is 5.32 Å². The van der Waals surface area contributed by atoms with Crippen LogP contribution in [0.5, 0.6) is 0 Å². The Balaban J connectivity index is 1.95. The molecule has 0 aromatic carbocycles. The summed E-state index contributed by atoms with van der Waals surface area (Å²) in [5.41, 5.74) is 1.16. The van der Waals surface area contributed by atoms with Gasteiger partial charge in [-0.2, -0.15) is 0 Å². The molecule has 1 atom stereocenters. The van der Waals surface area contributed by atoms with Crippen LogP contribution in [-0.4, -0.2) is 41.0 Å². The number of nitrogens with zero attached hydrogens (tertiary/aromatic N) is 3. The van der Waals surface area contributed by atoms with Crippen LogP contribution in [0, 0.1) is 5.92 Å². The largest absolute Gasteiger partial charge is 0.373 e. The van der Waals surface area contributed by atoms with Crippen LogP contribution in [0.3, 0.4) is 0 Å². The van der Waals surface area contributed by atoms with E-state index in [0.717, 1.165) is 23.9 Å². The lowest BCUT2D eigenvalue weighted by Crippen LogP contribution is -2.40. The topological polar surface area (TPSA) is 41.0 Å². The van der Waals surface area contributed by atoms with Crippen molar-refractivity contribution in [2.45, 2.75) is 39.2 Å². The van der Waals surface area contributed by atoms with Gasteiger partial charge in [-0.1, -0.05) is 0 Å². The van der Waals surface area contributed by atoms with E-state index in [1.54, 1.807) is 6.33 Å². The molecule has 0 radical (unpaired) electrons. The van der Waals surface area contributed by atoms with Crippen LogP contribution in [0.25, 0.3) is 0 Å². The van der Waals surface area contributed by atoms with Crippen molar-refractivity contribution in [2.75, 3.05) is 25.5 Å². The molecule has 1 aromatic rings. The van der Waals surface area contributed by atoms with Crippen LogP contribution in [0.2, 0.25) is 0 Å². The van der Waals surface area contributed by atoms with Crippen molar-refractivity contribution in [3.05, 3.63) is 18.1 Å². The Labute approximate surface area is 110 Å². The molecule has 0 spiro atoms. The van der Waals surface area contributed by atoms with Crippen molar-refractivity contribution in [3.8, 4) is 0 Å². The van der Waals surface area contributed by atoms with Crippen molar-refractivity contribution in [1.82, 2.24) is 14.9 Å². The summed E-state index contributed by atoms with van der Waals surface area (Å²) in [6.07, 6.45) is 5.36. The Morgan fingerprint density at radius 3 is 3.00 bits per heavy atom. The molecule has 2 heterocycles. The minimum atomic E-state index is 0.658. The molecule has 0 bridgehead atoms. The molecule has 1 fully saturated rings. The fraction of sp³-hybridized carbons (Fsp3) is 0.714. The molecule has 0 saturated carbocycles. The van der Waals surface area contributed by atoms with Gasteiger partial charge in [0.1, 0.15) is 12.1 Å². The maximum atomic E-state index is 4.38. The average molecular weight is 248 g/mol. The zero-order chi connectivity index (χ0) is 13.0. The number of piperidine rings is 1. The third-order valence-electron chi connectivity index (χ3n) is 3.76. The number of nitrogens with one attached hydrogen (secondary N) is 1. The van der Waals surface area contributed by atoms with Crippen LogP contribution >= 0.6 is 0 Å². The highest BCUT2D eigenvalue weighted by Gasteiger charge is 2.22. The lowest BCUT2D eigenvalue weighted by atomic mass is 9.92. The molecule has 1 aliphatic heterocycles. The van der Waals surface area contributed by atoms with Gasteiger partial charge in [-0.3, -0.25) is 0 Å². The maximum absolute atomic E-state index is 4.38. The Bertz CT molecular complexity index is 378. The van der Waals surface area contributed by atoms with Gasteiger partial charge in [-0.25, -0.2) is 9.97 Å². The molecule has 2 rings (SSSR count). The minimum absolute atomic E-state index is 0.658. The molecule has 18 heavy (non-hydrogen) atoms. The lowest BCUT2D eigenvalue weighted by molar-refractivity contribution is 0.139. The zero-order valence-electron chi connectivity index (χ0n) is 11.7. The summed E-state index contributed by atoms with van der Waals surface area (Å²) >= 11 is 0. The van der Waals surface area contributed by atoms with Gasteiger partial charge >= 0.3 is 0 Å². The molecule has 0 unspecified atom stereocenters. The van der Waals surface area contributed by atoms with Crippen molar-refractivity contribution in [3.63, 3.8) is 0 Å². The van der Waals surface area contributed by atoms with Gasteiger partial charge in [-0.05, 0) is 45.6 Å². The fourth-order valence-electron chi connectivity index (χ4n) is 2.67. The number of aromatic nitrogens is 2. The van der Waals surface area contributed by atoms with Gasteiger partial charge in [0.05, 0.1) is 0 Å². The molecule has 4 heteroatoms. The first-order valence-corrected chi connectivity index (χ1v) is 6.91. The molecule has 1 aromatic heterocycles. The number of rotatable bonds is 4. The zero-order valence-corrected chi connectivity index (χ0v) is 11.7. The second-order valence-electron chi connectivity index (χ2n) is 5.45. The summed E-state index contributed by atoms with van der Waals surface area (Å²) in [7, 11) is 1.90. The summed E-state index contributed by atoms with van der Waals surface area (Å²) < 4.78 is 0. The van der Waals surface area contributed by atoms with E-state index in [0.29, 0.717) is 6.04 Å². The van der Waals surface area contributed by atoms with Crippen molar-refractivity contribution in [2.24, 2.45) is 5.92 Å². The number of anilines is 1. The fourth-order valence-corrected chi connectivity index (χ4v) is 2.67. The number of likely N-dealkylation sites (tertiary alicyclic amines) is 1. The highest BCUT2D eigenvalue weighted by atomic mass is 15.2. The second kappa shape index (κ2) is 6.14. The Morgan fingerprint density at radius 2 is 2.28 bits per heavy atom. The van der Waals surface area contributed by atoms with Crippen LogP contribution in [-0.2, 0) is 6.42 Å². The maximum Gasteiger partial charge on any atom is 0.129 e. The van der Waals surface area contributed by atoms with Crippen LogP contribution in [0.1, 0.15) is 32.4 Å². The predicted molar refractivity (Wildman–Crippen MR) is 74.7 cm³/mol. The minimum Gasteiger partial charge on any atom is -0.373 e. The van der Waals surface area contributed by atoms with Gasteiger partial charge in [0.25, 0.3) is 0 Å². The number of hydrogen-bond acceptors (Lipinski definition) is 4. The highest BCUT2D eigenvalue weighted by molar-refractivity contribution is 5.33. The normalized spacial score (nSPS) is 21.2. The summed E-state index contributed by atoms with van der Waals surface area (Å²) in [5.74, 6) is 1.65. The summed E-state index contributed by atoms with van der Waals surface area (Å²) in [6, 6.07) is 2.72. The summed E-state index contributed by atoms with van der Waals surface area (Å²) in [4.78, 5) is 11.1. The predicted octanol–water partition coefficient (Wildman–Crippen LogP) is 2.18. The second-order valence-corrected chi connectivity index (χ2v) is 5.45. The van der Waals surface area contributed by atoms with Crippen molar-refractivity contribution < 1.29 is 0 Å². The summed E-state index contributed by atoms with van der Waals surface area (Å²) in [6.45, 7) is 7.02. The smallest absolute Gasteiger partial charge is 0.129 e. The van der Waals surface area contributed by atoms with E-state index in [9.17, 15) is 0 Å². The van der Waals surface area contributed by atoms with E-state index >= 15 is 0 Å². The Morgan fingerprint density at radius 1 is 1.44 bits per heavy atom. The number of hydrogen-bond donors (Lipinski definition) is 1. The van der Waals surface area contributed by atoms with E-state index in [-0.39, 0.29) is 0 Å². The van der Waals surface area contributed by atoms with Gasteiger partial charge in [-0.15, -0.1) is 0 Å².